The van der Waals surface area contributed by atoms with Crippen molar-refractivity contribution in [1.29, 1.82) is 0 Å². The highest BCUT2D eigenvalue weighted by Crippen LogP contribution is 2.34. The van der Waals surface area contributed by atoms with E-state index >= 15 is 0 Å². The van der Waals surface area contributed by atoms with E-state index in [4.69, 9.17) is 0 Å². The zero-order chi connectivity index (χ0) is 15.6. The fourth-order valence-corrected chi connectivity index (χ4v) is 3.73. The van der Waals surface area contributed by atoms with Gasteiger partial charge in [-0.1, -0.05) is 48.5 Å². The van der Waals surface area contributed by atoms with Crippen LogP contribution in [-0.4, -0.2) is 37.8 Å². The van der Waals surface area contributed by atoms with Gasteiger partial charge in [0, 0.05) is 26.2 Å². The molecular weight excluding hydrogens is 358 g/mol. The molecule has 1 fully saturated rings. The molecule has 0 aliphatic carbocycles. The molecule has 0 unspecified atom stereocenters. The summed E-state index contributed by atoms with van der Waals surface area (Å²) in [4.78, 5) is 2.27. The van der Waals surface area contributed by atoms with Gasteiger partial charge in [0.1, 0.15) is 6.67 Å². The Morgan fingerprint density at radius 2 is 1.48 bits per heavy atom. The highest BCUT2D eigenvalue weighted by atomic mass is 35.5. The van der Waals surface area contributed by atoms with Gasteiger partial charge in [-0.3, -0.25) is 4.90 Å². The molecular formula is C20H23Cl2FN2. The van der Waals surface area contributed by atoms with Gasteiger partial charge in [-0.05, 0) is 33.2 Å². The van der Waals surface area contributed by atoms with Crippen LogP contribution in [0.3, 0.4) is 0 Å². The standard InChI is InChI=1S/C20H21FN2.2ClH/c21-14-20(23-11-9-22-10-12-23)19-13-15-5-1-2-6-16(15)17-7-3-4-8-18(17)19;;/h1-8,13,20,22H,9-12,14H2;2*1H/t20-;;/m0../s1. The highest BCUT2D eigenvalue weighted by Gasteiger charge is 2.24. The Bertz CT molecular complexity index is 834. The first-order valence-corrected chi connectivity index (χ1v) is 8.29. The van der Waals surface area contributed by atoms with Crippen LogP contribution in [0.25, 0.3) is 21.5 Å². The average molecular weight is 381 g/mol. The van der Waals surface area contributed by atoms with Crippen molar-refractivity contribution in [2.45, 2.75) is 6.04 Å². The van der Waals surface area contributed by atoms with Crippen molar-refractivity contribution in [3.05, 3.63) is 60.2 Å². The first-order valence-electron chi connectivity index (χ1n) is 8.29. The third-order valence-electron chi connectivity index (χ3n) is 4.90. The molecule has 134 valence electrons. The van der Waals surface area contributed by atoms with Crippen LogP contribution in [0.15, 0.2) is 54.6 Å². The molecule has 0 spiro atoms. The topological polar surface area (TPSA) is 15.3 Å². The minimum absolute atomic E-state index is 0. The van der Waals surface area contributed by atoms with Gasteiger partial charge in [-0.2, -0.15) is 0 Å². The van der Waals surface area contributed by atoms with Crippen LogP contribution in [0.2, 0.25) is 0 Å². The smallest absolute Gasteiger partial charge is 0.109 e. The van der Waals surface area contributed by atoms with Crippen molar-refractivity contribution in [2.24, 2.45) is 0 Å². The van der Waals surface area contributed by atoms with Gasteiger partial charge in [0.15, 0.2) is 0 Å². The molecule has 5 heteroatoms. The fourth-order valence-electron chi connectivity index (χ4n) is 3.73. The maximum atomic E-state index is 14.0. The highest BCUT2D eigenvalue weighted by molar-refractivity contribution is 6.09. The Balaban J connectivity index is 0.00000113. The van der Waals surface area contributed by atoms with E-state index in [1.165, 1.54) is 21.5 Å². The predicted molar refractivity (Wildman–Crippen MR) is 109 cm³/mol. The third kappa shape index (κ3) is 3.75. The molecule has 3 aromatic rings. The van der Waals surface area contributed by atoms with Gasteiger partial charge >= 0.3 is 0 Å². The molecule has 0 saturated carbocycles. The quantitative estimate of drug-likeness (QED) is 0.659. The van der Waals surface area contributed by atoms with E-state index in [9.17, 15) is 4.39 Å². The number of benzene rings is 3. The number of nitrogens with zero attached hydrogens (tertiary/aromatic N) is 1. The maximum absolute atomic E-state index is 14.0. The Morgan fingerprint density at radius 3 is 2.16 bits per heavy atom. The number of rotatable bonds is 3. The predicted octanol–water partition coefficient (Wildman–Crippen LogP) is 4.75. The molecule has 0 amide bonds. The molecule has 0 radical (unpaired) electrons. The van der Waals surface area contributed by atoms with E-state index in [1.807, 2.05) is 6.07 Å². The molecule has 2 nitrogen and oxygen atoms in total. The Hall–Kier alpha value is -1.39. The number of hydrogen-bond acceptors (Lipinski definition) is 2. The van der Waals surface area contributed by atoms with Crippen LogP contribution < -0.4 is 5.32 Å². The lowest BCUT2D eigenvalue weighted by Crippen LogP contribution is -2.45. The summed E-state index contributed by atoms with van der Waals surface area (Å²) in [6.07, 6.45) is 0. The molecule has 0 aromatic heterocycles. The van der Waals surface area contributed by atoms with Gasteiger partial charge in [-0.15, -0.1) is 24.8 Å². The monoisotopic (exact) mass is 380 g/mol. The zero-order valence-electron chi connectivity index (χ0n) is 14.0. The lowest BCUT2D eigenvalue weighted by atomic mass is 9.93. The molecule has 1 N–H and O–H groups in total. The molecule has 1 heterocycles. The van der Waals surface area contributed by atoms with Gasteiger partial charge in [0.25, 0.3) is 0 Å². The number of hydrogen-bond donors (Lipinski definition) is 1. The molecule has 3 aromatic carbocycles. The average Bonchev–Trinajstić information content (AvgIpc) is 2.63. The summed E-state index contributed by atoms with van der Waals surface area (Å²) in [7, 11) is 0. The molecule has 1 atom stereocenters. The lowest BCUT2D eigenvalue weighted by molar-refractivity contribution is 0.148. The summed E-state index contributed by atoms with van der Waals surface area (Å²) in [5.74, 6) is 0. The second-order valence-electron chi connectivity index (χ2n) is 6.19. The van der Waals surface area contributed by atoms with Crippen molar-refractivity contribution < 1.29 is 4.39 Å². The van der Waals surface area contributed by atoms with Gasteiger partial charge < -0.3 is 5.32 Å². The SMILES string of the molecule is Cl.Cl.FC[C@@H](c1cc2ccccc2c2ccccc12)N1CCNCC1. The number of halogens is 3. The van der Waals surface area contributed by atoms with Crippen LogP contribution in [0.4, 0.5) is 4.39 Å². The van der Waals surface area contributed by atoms with E-state index in [1.54, 1.807) is 0 Å². The summed E-state index contributed by atoms with van der Waals surface area (Å²) in [6, 6.07) is 18.8. The normalized spacial score (nSPS) is 16.2. The largest absolute Gasteiger partial charge is 0.314 e. The van der Waals surface area contributed by atoms with E-state index in [0.29, 0.717) is 0 Å². The van der Waals surface area contributed by atoms with Crippen LogP contribution in [0, 0.1) is 0 Å². The lowest BCUT2D eigenvalue weighted by Gasteiger charge is -2.34. The fraction of sp³-hybridized carbons (Fsp3) is 0.300. The third-order valence-corrected chi connectivity index (χ3v) is 4.90. The number of alkyl halides is 1. The summed E-state index contributed by atoms with van der Waals surface area (Å²) in [6.45, 7) is 3.32. The van der Waals surface area contributed by atoms with Crippen molar-refractivity contribution in [2.75, 3.05) is 32.9 Å². The molecule has 25 heavy (non-hydrogen) atoms. The van der Waals surface area contributed by atoms with Crippen molar-refractivity contribution in [3.8, 4) is 0 Å². The molecule has 4 rings (SSSR count). The second-order valence-corrected chi connectivity index (χ2v) is 6.19. The Labute approximate surface area is 160 Å². The van der Waals surface area contributed by atoms with Gasteiger partial charge in [0.05, 0.1) is 6.04 Å². The molecule has 1 aliphatic heterocycles. The Morgan fingerprint density at radius 1 is 0.880 bits per heavy atom. The zero-order valence-corrected chi connectivity index (χ0v) is 15.6. The number of piperazine rings is 1. The van der Waals surface area contributed by atoms with E-state index in [2.05, 4.69) is 58.7 Å². The Kier molecular flexibility index (Phi) is 7.03. The van der Waals surface area contributed by atoms with Crippen molar-refractivity contribution >= 4 is 46.4 Å². The summed E-state index contributed by atoms with van der Waals surface area (Å²) in [5, 5.41) is 8.17. The van der Waals surface area contributed by atoms with Crippen molar-refractivity contribution in [3.63, 3.8) is 0 Å². The van der Waals surface area contributed by atoms with Crippen LogP contribution in [0.5, 0.6) is 0 Å². The maximum Gasteiger partial charge on any atom is 0.109 e. The van der Waals surface area contributed by atoms with E-state index in [0.717, 1.165) is 31.7 Å². The van der Waals surface area contributed by atoms with Gasteiger partial charge in [0.2, 0.25) is 0 Å². The van der Waals surface area contributed by atoms with Crippen LogP contribution in [-0.2, 0) is 0 Å². The molecule has 1 aliphatic rings. The number of nitrogens with one attached hydrogen (secondary N) is 1. The first kappa shape index (κ1) is 19.9. The second kappa shape index (κ2) is 8.81. The van der Waals surface area contributed by atoms with E-state index < -0.39 is 0 Å². The number of fused-ring (bicyclic) bond motifs is 3. The summed E-state index contributed by atoms with van der Waals surface area (Å²) < 4.78 is 14.0. The van der Waals surface area contributed by atoms with Crippen molar-refractivity contribution in [1.82, 2.24) is 10.2 Å². The molecule has 1 saturated heterocycles. The minimum atomic E-state index is -0.345. The van der Waals surface area contributed by atoms with Crippen LogP contribution >= 0.6 is 24.8 Å². The first-order chi connectivity index (χ1) is 11.4. The molecule has 0 bridgehead atoms. The summed E-state index contributed by atoms with van der Waals surface area (Å²) in [5.41, 5.74) is 1.11. The van der Waals surface area contributed by atoms with Crippen LogP contribution in [0.1, 0.15) is 11.6 Å². The van der Waals surface area contributed by atoms with E-state index in [-0.39, 0.29) is 37.5 Å². The van der Waals surface area contributed by atoms with Gasteiger partial charge in [-0.25, -0.2) is 4.39 Å². The summed E-state index contributed by atoms with van der Waals surface area (Å²) >= 11 is 0. The minimum Gasteiger partial charge on any atom is -0.314 e.